The highest BCUT2D eigenvalue weighted by atomic mass is 79.9. The molecule has 0 heterocycles. The van der Waals surface area contributed by atoms with Crippen LogP contribution in [-0.4, -0.2) is 31.1 Å². The van der Waals surface area contributed by atoms with E-state index in [2.05, 4.69) is 66.9 Å². The summed E-state index contributed by atoms with van der Waals surface area (Å²) in [4.78, 5) is 2.25. The fourth-order valence-electron chi connectivity index (χ4n) is 2.15. The van der Waals surface area contributed by atoms with E-state index in [-0.39, 0.29) is 0 Å². The molecule has 1 aromatic rings. The predicted molar refractivity (Wildman–Crippen MR) is 95.3 cm³/mol. The maximum absolute atomic E-state index is 6.03. The van der Waals surface area contributed by atoms with E-state index in [9.17, 15) is 0 Å². The van der Waals surface area contributed by atoms with Gasteiger partial charge in [0.1, 0.15) is 12.4 Å². The number of benzene rings is 1. The number of halogens is 1. The number of ether oxygens (including phenoxy) is 1. The van der Waals surface area contributed by atoms with Crippen LogP contribution >= 0.6 is 15.9 Å². The minimum Gasteiger partial charge on any atom is -0.492 e. The highest BCUT2D eigenvalue weighted by Gasteiger charge is 2.11. The molecule has 1 aromatic carbocycles. The third-order valence-electron chi connectivity index (χ3n) is 3.35. The molecule has 0 aliphatic carbocycles. The number of nitrogens with zero attached hydrogens (tertiary/aromatic N) is 1. The molecule has 0 aromatic heterocycles. The van der Waals surface area contributed by atoms with E-state index in [1.54, 1.807) is 0 Å². The molecule has 0 spiro atoms. The monoisotopic (exact) mass is 351 g/mol. The quantitative estimate of drug-likeness (QED) is 0.584. The van der Waals surface area contributed by atoms with Gasteiger partial charge >= 0.3 is 0 Å². The second kappa shape index (κ2) is 9.06. The average Bonchev–Trinajstić information content (AvgIpc) is 2.42. The van der Waals surface area contributed by atoms with E-state index in [4.69, 9.17) is 4.74 Å². The normalized spacial score (nSPS) is 11.0. The van der Waals surface area contributed by atoms with Crippen molar-refractivity contribution in [3.63, 3.8) is 0 Å². The van der Waals surface area contributed by atoms with Crippen LogP contribution in [0.1, 0.15) is 30.9 Å². The molecule has 2 nitrogen and oxygen atoms in total. The number of hydrogen-bond donors (Lipinski definition) is 0. The zero-order valence-electron chi connectivity index (χ0n) is 13.4. The van der Waals surface area contributed by atoms with Gasteiger partial charge in [-0.15, -0.1) is 13.2 Å². The van der Waals surface area contributed by atoms with Crippen molar-refractivity contribution in [3.8, 4) is 5.75 Å². The lowest BCUT2D eigenvalue weighted by Gasteiger charge is -2.20. The van der Waals surface area contributed by atoms with Crippen LogP contribution < -0.4 is 4.74 Å². The molecule has 0 aliphatic rings. The summed E-state index contributed by atoms with van der Waals surface area (Å²) in [5.74, 6) is 1.43. The summed E-state index contributed by atoms with van der Waals surface area (Å²) in [5.41, 5.74) is 2.44. The summed E-state index contributed by atoms with van der Waals surface area (Å²) in [6.07, 6.45) is 3.82. The molecule has 116 valence electrons. The first kappa shape index (κ1) is 18.0. The summed E-state index contributed by atoms with van der Waals surface area (Å²) in [6, 6.07) is 4.28. The standard InChI is InChI=1S/C18H26BrNO/c1-6-8-20(9-7-2)10-11-21-18-12-15(5)17(19)13-16(18)14(3)4/h6-7,12-14H,1-2,8-11H2,3-5H3. The maximum atomic E-state index is 6.03. The van der Waals surface area contributed by atoms with Crippen molar-refractivity contribution >= 4 is 15.9 Å². The molecular weight excluding hydrogens is 326 g/mol. The van der Waals surface area contributed by atoms with Crippen LogP contribution in [0.5, 0.6) is 5.75 Å². The fraction of sp³-hybridized carbons (Fsp3) is 0.444. The first-order valence-electron chi connectivity index (χ1n) is 7.36. The lowest BCUT2D eigenvalue weighted by molar-refractivity contribution is 0.234. The zero-order chi connectivity index (χ0) is 15.8. The Kier molecular flexibility index (Phi) is 7.76. The van der Waals surface area contributed by atoms with E-state index in [0.29, 0.717) is 12.5 Å². The van der Waals surface area contributed by atoms with Gasteiger partial charge in [-0.3, -0.25) is 4.90 Å². The van der Waals surface area contributed by atoms with Gasteiger partial charge < -0.3 is 4.74 Å². The SMILES string of the molecule is C=CCN(CC=C)CCOc1cc(C)c(Br)cc1C(C)C. The van der Waals surface area contributed by atoms with Crippen LogP contribution in [0, 0.1) is 6.92 Å². The van der Waals surface area contributed by atoms with Crippen LogP contribution in [0.2, 0.25) is 0 Å². The second-order valence-electron chi connectivity index (χ2n) is 5.48. The lowest BCUT2D eigenvalue weighted by Crippen LogP contribution is -2.28. The molecule has 0 saturated carbocycles. The van der Waals surface area contributed by atoms with E-state index in [1.165, 1.54) is 11.1 Å². The van der Waals surface area contributed by atoms with Crippen LogP contribution in [0.15, 0.2) is 41.9 Å². The van der Waals surface area contributed by atoms with Gasteiger partial charge in [-0.1, -0.05) is 41.9 Å². The van der Waals surface area contributed by atoms with Gasteiger partial charge in [0.25, 0.3) is 0 Å². The molecule has 0 amide bonds. The average molecular weight is 352 g/mol. The molecule has 0 atom stereocenters. The summed E-state index contributed by atoms with van der Waals surface area (Å²) >= 11 is 3.60. The van der Waals surface area contributed by atoms with Gasteiger partial charge in [-0.25, -0.2) is 0 Å². The first-order valence-corrected chi connectivity index (χ1v) is 8.15. The van der Waals surface area contributed by atoms with Gasteiger partial charge in [0.2, 0.25) is 0 Å². The van der Waals surface area contributed by atoms with Gasteiger partial charge in [0.15, 0.2) is 0 Å². The zero-order valence-corrected chi connectivity index (χ0v) is 14.9. The molecule has 3 heteroatoms. The highest BCUT2D eigenvalue weighted by Crippen LogP contribution is 2.32. The Morgan fingerprint density at radius 3 is 2.38 bits per heavy atom. The van der Waals surface area contributed by atoms with Crippen molar-refractivity contribution in [1.29, 1.82) is 0 Å². The van der Waals surface area contributed by atoms with Crippen molar-refractivity contribution in [3.05, 3.63) is 53.0 Å². The molecule has 0 radical (unpaired) electrons. The number of rotatable bonds is 9. The summed E-state index contributed by atoms with van der Waals surface area (Å²) in [5, 5.41) is 0. The minimum absolute atomic E-state index is 0.439. The molecule has 0 N–H and O–H groups in total. The van der Waals surface area contributed by atoms with Crippen molar-refractivity contribution in [2.24, 2.45) is 0 Å². The molecule has 0 fully saturated rings. The Labute approximate surface area is 137 Å². The third-order valence-corrected chi connectivity index (χ3v) is 4.21. The second-order valence-corrected chi connectivity index (χ2v) is 6.33. The highest BCUT2D eigenvalue weighted by molar-refractivity contribution is 9.10. The Bertz CT molecular complexity index is 472. The molecule has 1 rings (SSSR count). The Hall–Kier alpha value is -1.06. The summed E-state index contributed by atoms with van der Waals surface area (Å²) in [6.45, 7) is 17.3. The molecule has 0 unspecified atom stereocenters. The van der Waals surface area contributed by atoms with Crippen LogP contribution in [0.3, 0.4) is 0 Å². The summed E-state index contributed by atoms with van der Waals surface area (Å²) in [7, 11) is 0. The molecule has 0 bridgehead atoms. The molecule has 21 heavy (non-hydrogen) atoms. The van der Waals surface area contributed by atoms with E-state index < -0.39 is 0 Å². The molecular formula is C18H26BrNO. The van der Waals surface area contributed by atoms with Gasteiger partial charge in [0, 0.05) is 24.1 Å². The first-order chi connectivity index (χ1) is 9.99. The number of aryl methyl sites for hydroxylation is 1. The van der Waals surface area contributed by atoms with Gasteiger partial charge in [-0.05, 0) is 36.1 Å². The van der Waals surface area contributed by atoms with Crippen molar-refractivity contribution in [2.45, 2.75) is 26.7 Å². The van der Waals surface area contributed by atoms with Gasteiger partial charge in [0.05, 0.1) is 0 Å². The third kappa shape index (κ3) is 5.68. The lowest BCUT2D eigenvalue weighted by atomic mass is 10.0. The van der Waals surface area contributed by atoms with Crippen molar-refractivity contribution < 1.29 is 4.74 Å². The summed E-state index contributed by atoms with van der Waals surface area (Å²) < 4.78 is 7.16. The van der Waals surface area contributed by atoms with Crippen LogP contribution in [0.25, 0.3) is 0 Å². The largest absolute Gasteiger partial charge is 0.492 e. The fourth-order valence-corrected chi connectivity index (χ4v) is 2.51. The maximum Gasteiger partial charge on any atom is 0.123 e. The minimum atomic E-state index is 0.439. The van der Waals surface area contributed by atoms with Crippen LogP contribution in [-0.2, 0) is 0 Å². The van der Waals surface area contributed by atoms with Crippen LogP contribution in [0.4, 0.5) is 0 Å². The molecule has 0 saturated heterocycles. The number of hydrogen-bond acceptors (Lipinski definition) is 2. The Balaban J connectivity index is 2.71. The Morgan fingerprint density at radius 1 is 1.24 bits per heavy atom. The topological polar surface area (TPSA) is 12.5 Å². The molecule has 0 aliphatic heterocycles. The van der Waals surface area contributed by atoms with Crippen molar-refractivity contribution in [1.82, 2.24) is 4.90 Å². The van der Waals surface area contributed by atoms with E-state index >= 15 is 0 Å². The smallest absolute Gasteiger partial charge is 0.123 e. The van der Waals surface area contributed by atoms with Crippen molar-refractivity contribution in [2.75, 3.05) is 26.2 Å². The van der Waals surface area contributed by atoms with E-state index in [0.717, 1.165) is 29.9 Å². The predicted octanol–water partition coefficient (Wildman–Crippen LogP) is 4.93. The van der Waals surface area contributed by atoms with E-state index in [1.807, 2.05) is 12.2 Å². The van der Waals surface area contributed by atoms with Gasteiger partial charge in [-0.2, -0.15) is 0 Å². The Morgan fingerprint density at radius 2 is 1.86 bits per heavy atom.